The number of rotatable bonds is 7. The number of carbonyl (C=O) groups excluding carboxylic acids is 1. The highest BCUT2D eigenvalue weighted by Gasteiger charge is 2.24. The molecule has 0 spiro atoms. The Balaban J connectivity index is 1.34. The lowest BCUT2D eigenvalue weighted by molar-refractivity contribution is -0.126. The van der Waals surface area contributed by atoms with E-state index in [0.29, 0.717) is 6.54 Å². The second kappa shape index (κ2) is 9.86. The second-order valence-corrected chi connectivity index (χ2v) is 7.64. The van der Waals surface area contributed by atoms with E-state index < -0.39 is 0 Å². The van der Waals surface area contributed by atoms with Crippen LogP contribution in [0.3, 0.4) is 0 Å². The average Bonchev–Trinajstić information content (AvgIpc) is 2.67. The summed E-state index contributed by atoms with van der Waals surface area (Å²) in [6.07, 6.45) is 3.50. The van der Waals surface area contributed by atoms with Crippen molar-refractivity contribution < 1.29 is 9.18 Å². The van der Waals surface area contributed by atoms with Gasteiger partial charge in [0.1, 0.15) is 5.82 Å². The fourth-order valence-electron chi connectivity index (χ4n) is 3.55. The van der Waals surface area contributed by atoms with Gasteiger partial charge in [0.05, 0.1) is 0 Å². The summed E-state index contributed by atoms with van der Waals surface area (Å²) in [5, 5.41) is 3.82. The minimum Gasteiger partial charge on any atom is -0.356 e. The number of likely N-dealkylation sites (tertiary alicyclic amines) is 1. The lowest BCUT2D eigenvalue weighted by atomic mass is 9.95. The summed E-state index contributed by atoms with van der Waals surface area (Å²) in [6.45, 7) is 3.41. The zero-order chi connectivity index (χ0) is 19.1. The van der Waals surface area contributed by atoms with E-state index in [4.69, 9.17) is 11.6 Å². The van der Waals surface area contributed by atoms with Crippen molar-refractivity contribution in [1.82, 2.24) is 10.2 Å². The van der Waals surface area contributed by atoms with Crippen LogP contribution in [0.5, 0.6) is 0 Å². The maximum absolute atomic E-state index is 12.9. The molecule has 0 bridgehead atoms. The first kappa shape index (κ1) is 19.8. The Morgan fingerprint density at radius 3 is 2.56 bits per heavy atom. The maximum atomic E-state index is 12.9. The molecule has 0 aliphatic carbocycles. The Hall–Kier alpha value is -1.91. The van der Waals surface area contributed by atoms with Crippen molar-refractivity contribution in [2.45, 2.75) is 32.2 Å². The first-order valence-corrected chi connectivity index (χ1v) is 9.97. The first-order valence-electron chi connectivity index (χ1n) is 9.59. The van der Waals surface area contributed by atoms with Crippen LogP contribution in [-0.4, -0.2) is 30.4 Å². The predicted molar refractivity (Wildman–Crippen MR) is 107 cm³/mol. The quantitative estimate of drug-likeness (QED) is 0.711. The Morgan fingerprint density at radius 1 is 1.11 bits per heavy atom. The van der Waals surface area contributed by atoms with Crippen LogP contribution in [0.1, 0.15) is 30.4 Å². The van der Waals surface area contributed by atoms with E-state index in [1.807, 2.05) is 18.2 Å². The zero-order valence-corrected chi connectivity index (χ0v) is 16.2. The molecule has 3 nitrogen and oxygen atoms in total. The van der Waals surface area contributed by atoms with Gasteiger partial charge in [0.2, 0.25) is 5.91 Å². The molecule has 0 unspecified atom stereocenters. The van der Waals surface area contributed by atoms with Gasteiger partial charge in [0, 0.05) is 24.0 Å². The summed E-state index contributed by atoms with van der Waals surface area (Å²) in [6, 6.07) is 14.5. The topological polar surface area (TPSA) is 32.3 Å². The van der Waals surface area contributed by atoms with Crippen LogP contribution in [-0.2, 0) is 17.8 Å². The van der Waals surface area contributed by atoms with Crippen LogP contribution in [0, 0.1) is 11.7 Å². The van der Waals surface area contributed by atoms with Gasteiger partial charge in [-0.1, -0.05) is 35.9 Å². The lowest BCUT2D eigenvalue weighted by Crippen LogP contribution is -2.40. The lowest BCUT2D eigenvalue weighted by Gasteiger charge is -2.31. The molecule has 2 aromatic rings. The Kier molecular flexibility index (Phi) is 7.25. The molecule has 5 heteroatoms. The van der Waals surface area contributed by atoms with E-state index in [9.17, 15) is 9.18 Å². The third kappa shape index (κ3) is 6.33. The van der Waals surface area contributed by atoms with Gasteiger partial charge in [0.25, 0.3) is 0 Å². The molecule has 27 heavy (non-hydrogen) atoms. The van der Waals surface area contributed by atoms with Gasteiger partial charge in [-0.15, -0.1) is 0 Å². The van der Waals surface area contributed by atoms with E-state index in [1.54, 1.807) is 12.1 Å². The van der Waals surface area contributed by atoms with Crippen LogP contribution >= 0.6 is 11.6 Å². The number of amides is 1. The van der Waals surface area contributed by atoms with Crippen molar-refractivity contribution in [2.75, 3.05) is 19.6 Å². The van der Waals surface area contributed by atoms with Gasteiger partial charge >= 0.3 is 0 Å². The highest BCUT2D eigenvalue weighted by molar-refractivity contribution is 6.30. The number of nitrogens with zero attached hydrogens (tertiary/aromatic N) is 1. The Labute approximate surface area is 165 Å². The first-order chi connectivity index (χ1) is 13.1. The van der Waals surface area contributed by atoms with E-state index in [1.165, 1.54) is 17.7 Å². The highest BCUT2D eigenvalue weighted by Crippen LogP contribution is 2.20. The van der Waals surface area contributed by atoms with Gasteiger partial charge in [-0.2, -0.15) is 0 Å². The smallest absolute Gasteiger partial charge is 0.223 e. The fourth-order valence-corrected chi connectivity index (χ4v) is 3.76. The molecule has 1 N–H and O–H groups in total. The van der Waals surface area contributed by atoms with Crippen molar-refractivity contribution in [3.63, 3.8) is 0 Å². The van der Waals surface area contributed by atoms with Crippen molar-refractivity contribution in [3.05, 3.63) is 70.5 Å². The van der Waals surface area contributed by atoms with Crippen LogP contribution in [0.2, 0.25) is 5.02 Å². The normalized spacial score (nSPS) is 15.6. The number of hydrogen-bond acceptors (Lipinski definition) is 2. The van der Waals surface area contributed by atoms with Gasteiger partial charge in [-0.05, 0) is 74.2 Å². The molecule has 1 saturated heterocycles. The Morgan fingerprint density at radius 2 is 1.85 bits per heavy atom. The molecule has 0 atom stereocenters. The summed E-state index contributed by atoms with van der Waals surface area (Å²) >= 11 is 6.05. The van der Waals surface area contributed by atoms with E-state index in [-0.39, 0.29) is 17.6 Å². The molecular weight excluding hydrogens is 363 g/mol. The van der Waals surface area contributed by atoms with Crippen molar-refractivity contribution in [1.29, 1.82) is 0 Å². The minimum atomic E-state index is -0.214. The largest absolute Gasteiger partial charge is 0.356 e. The standard InChI is InChI=1S/C22H26ClFN2O/c23-20-5-1-3-18(15-20)16-26-13-10-19(11-14-26)22(27)25-12-2-4-17-6-8-21(24)9-7-17/h1,3,5-9,15,19H,2,4,10-14,16H2,(H,25,27). The van der Waals surface area contributed by atoms with Crippen LogP contribution in [0.15, 0.2) is 48.5 Å². The maximum Gasteiger partial charge on any atom is 0.223 e. The molecule has 144 valence electrons. The van der Waals surface area contributed by atoms with Crippen LogP contribution < -0.4 is 5.32 Å². The third-order valence-corrected chi connectivity index (χ3v) is 5.34. The number of carbonyl (C=O) groups is 1. The molecule has 0 aromatic heterocycles. The number of halogens is 2. The molecule has 2 aromatic carbocycles. The summed E-state index contributed by atoms with van der Waals surface area (Å²) in [5.41, 5.74) is 2.31. The number of benzene rings is 2. The molecule has 1 fully saturated rings. The average molecular weight is 389 g/mol. The number of piperidine rings is 1. The van der Waals surface area contributed by atoms with Gasteiger partial charge in [-0.3, -0.25) is 9.69 Å². The van der Waals surface area contributed by atoms with Crippen LogP contribution in [0.4, 0.5) is 4.39 Å². The molecular formula is C22H26ClFN2O. The summed E-state index contributed by atoms with van der Waals surface area (Å²) < 4.78 is 12.9. The molecule has 0 radical (unpaired) electrons. The highest BCUT2D eigenvalue weighted by atomic mass is 35.5. The Bertz CT molecular complexity index is 742. The molecule has 3 rings (SSSR count). The fraction of sp³-hybridized carbons (Fsp3) is 0.409. The van der Waals surface area contributed by atoms with E-state index >= 15 is 0 Å². The number of aryl methyl sites for hydroxylation is 1. The number of nitrogens with one attached hydrogen (secondary N) is 1. The zero-order valence-electron chi connectivity index (χ0n) is 15.5. The van der Waals surface area contributed by atoms with Crippen molar-refractivity contribution >= 4 is 17.5 Å². The van der Waals surface area contributed by atoms with Crippen molar-refractivity contribution in [3.8, 4) is 0 Å². The molecule has 1 aliphatic heterocycles. The van der Waals surface area contributed by atoms with E-state index in [0.717, 1.165) is 55.9 Å². The van der Waals surface area contributed by atoms with Gasteiger partial charge in [-0.25, -0.2) is 4.39 Å². The van der Waals surface area contributed by atoms with Crippen molar-refractivity contribution in [2.24, 2.45) is 5.92 Å². The predicted octanol–water partition coefficient (Wildman–Crippen LogP) is 4.44. The van der Waals surface area contributed by atoms with E-state index in [2.05, 4.69) is 16.3 Å². The molecule has 1 amide bonds. The third-order valence-electron chi connectivity index (χ3n) is 5.11. The number of hydrogen-bond donors (Lipinski definition) is 1. The summed E-state index contributed by atoms with van der Waals surface area (Å²) in [5.74, 6) is 0.0525. The summed E-state index contributed by atoms with van der Waals surface area (Å²) in [7, 11) is 0. The monoisotopic (exact) mass is 388 g/mol. The molecule has 1 heterocycles. The van der Waals surface area contributed by atoms with Crippen LogP contribution in [0.25, 0.3) is 0 Å². The summed E-state index contributed by atoms with van der Waals surface area (Å²) in [4.78, 5) is 14.7. The second-order valence-electron chi connectivity index (χ2n) is 7.20. The van der Waals surface area contributed by atoms with Gasteiger partial charge in [0.15, 0.2) is 0 Å². The minimum absolute atomic E-state index is 0.103. The van der Waals surface area contributed by atoms with Gasteiger partial charge < -0.3 is 5.32 Å². The molecule has 0 saturated carbocycles. The molecule has 1 aliphatic rings. The SMILES string of the molecule is O=C(NCCCc1ccc(F)cc1)C1CCN(Cc2cccc(Cl)c2)CC1.